The predicted octanol–water partition coefficient (Wildman–Crippen LogP) is 2.92. The molecule has 0 bridgehead atoms. The Labute approximate surface area is 106 Å². The minimum Gasteiger partial charge on any atom is -0.507 e. The van der Waals surface area contributed by atoms with Crippen molar-refractivity contribution in [2.45, 2.75) is 20.8 Å². The van der Waals surface area contributed by atoms with Crippen molar-refractivity contribution in [1.29, 1.82) is 0 Å². The van der Waals surface area contributed by atoms with Crippen molar-refractivity contribution in [2.24, 2.45) is 0 Å². The van der Waals surface area contributed by atoms with E-state index < -0.39 is 0 Å². The second kappa shape index (κ2) is 4.56. The smallest absolute Gasteiger partial charge is 0.129 e. The first-order valence-electron chi connectivity index (χ1n) is 5.71. The predicted molar refractivity (Wildman–Crippen MR) is 71.5 cm³/mol. The van der Waals surface area contributed by atoms with Gasteiger partial charge in [0.1, 0.15) is 17.3 Å². The summed E-state index contributed by atoms with van der Waals surface area (Å²) in [6, 6.07) is 0. The van der Waals surface area contributed by atoms with Crippen LogP contribution in [0.5, 0.6) is 11.5 Å². The van der Waals surface area contributed by atoms with Gasteiger partial charge in [0.2, 0.25) is 0 Å². The molecule has 0 saturated heterocycles. The van der Waals surface area contributed by atoms with E-state index in [9.17, 15) is 10.2 Å². The SMILES string of the molecule is Cc1c(C)c(O)c(/C=C/c2ncc[nH]2)c(C)c1O. The third kappa shape index (κ3) is 1.97. The molecule has 0 spiro atoms. The van der Waals surface area contributed by atoms with Gasteiger partial charge in [0.05, 0.1) is 0 Å². The van der Waals surface area contributed by atoms with Crippen LogP contribution in [0.1, 0.15) is 28.1 Å². The highest BCUT2D eigenvalue weighted by Crippen LogP contribution is 2.37. The van der Waals surface area contributed by atoms with Crippen LogP contribution in [0.25, 0.3) is 12.2 Å². The van der Waals surface area contributed by atoms with Crippen molar-refractivity contribution >= 4 is 12.2 Å². The van der Waals surface area contributed by atoms with Crippen LogP contribution in [0.3, 0.4) is 0 Å². The molecule has 4 nitrogen and oxygen atoms in total. The summed E-state index contributed by atoms with van der Waals surface area (Å²) in [6.45, 7) is 5.36. The third-order valence-electron chi connectivity index (χ3n) is 3.21. The monoisotopic (exact) mass is 244 g/mol. The number of rotatable bonds is 2. The largest absolute Gasteiger partial charge is 0.507 e. The van der Waals surface area contributed by atoms with Crippen LogP contribution in [-0.4, -0.2) is 20.2 Å². The summed E-state index contributed by atoms with van der Waals surface area (Å²) in [6.07, 6.45) is 6.89. The maximum atomic E-state index is 10.1. The lowest BCUT2D eigenvalue weighted by Gasteiger charge is -2.13. The van der Waals surface area contributed by atoms with Gasteiger partial charge in [-0.25, -0.2) is 4.98 Å². The fourth-order valence-corrected chi connectivity index (χ4v) is 1.88. The number of nitrogens with zero attached hydrogens (tertiary/aromatic N) is 1. The summed E-state index contributed by atoms with van der Waals surface area (Å²) in [7, 11) is 0. The molecule has 0 saturated carbocycles. The molecule has 3 N–H and O–H groups in total. The molecule has 94 valence electrons. The van der Waals surface area contributed by atoms with E-state index in [1.165, 1.54) is 0 Å². The van der Waals surface area contributed by atoms with E-state index in [1.54, 1.807) is 45.3 Å². The lowest BCUT2D eigenvalue weighted by molar-refractivity contribution is 0.448. The molecule has 2 rings (SSSR count). The Morgan fingerprint density at radius 3 is 2.28 bits per heavy atom. The number of benzene rings is 1. The second-order valence-corrected chi connectivity index (χ2v) is 4.29. The molecule has 4 heteroatoms. The summed E-state index contributed by atoms with van der Waals surface area (Å²) in [5.41, 5.74) is 2.68. The first kappa shape index (κ1) is 12.2. The zero-order valence-electron chi connectivity index (χ0n) is 10.7. The highest BCUT2D eigenvalue weighted by molar-refractivity contribution is 5.75. The molecule has 18 heavy (non-hydrogen) atoms. The highest BCUT2D eigenvalue weighted by Gasteiger charge is 2.14. The quantitative estimate of drug-likeness (QED) is 0.711. The van der Waals surface area contributed by atoms with E-state index in [1.807, 2.05) is 0 Å². The van der Waals surface area contributed by atoms with Gasteiger partial charge in [-0.2, -0.15) is 0 Å². The Balaban J connectivity index is 2.52. The summed E-state index contributed by atoms with van der Waals surface area (Å²) < 4.78 is 0. The lowest BCUT2D eigenvalue weighted by atomic mass is 9.97. The van der Waals surface area contributed by atoms with Gasteiger partial charge in [0, 0.05) is 23.5 Å². The zero-order chi connectivity index (χ0) is 13.3. The first-order valence-corrected chi connectivity index (χ1v) is 5.71. The minimum atomic E-state index is 0.200. The summed E-state index contributed by atoms with van der Waals surface area (Å²) in [5, 5.41) is 20.1. The van der Waals surface area contributed by atoms with Crippen molar-refractivity contribution in [1.82, 2.24) is 9.97 Å². The molecular weight excluding hydrogens is 228 g/mol. The Hall–Kier alpha value is -2.23. The van der Waals surface area contributed by atoms with Crippen LogP contribution in [0, 0.1) is 20.8 Å². The molecule has 0 atom stereocenters. The number of phenols is 2. The molecule has 0 aliphatic heterocycles. The molecule has 0 amide bonds. The normalized spacial score (nSPS) is 11.3. The van der Waals surface area contributed by atoms with E-state index in [-0.39, 0.29) is 11.5 Å². The van der Waals surface area contributed by atoms with Crippen molar-refractivity contribution in [3.8, 4) is 11.5 Å². The number of aromatic nitrogens is 2. The van der Waals surface area contributed by atoms with E-state index >= 15 is 0 Å². The number of aromatic hydroxyl groups is 2. The van der Waals surface area contributed by atoms with E-state index in [4.69, 9.17) is 0 Å². The maximum Gasteiger partial charge on any atom is 0.129 e. The van der Waals surface area contributed by atoms with Gasteiger partial charge in [-0.05, 0) is 44.1 Å². The molecule has 0 aliphatic carbocycles. The van der Waals surface area contributed by atoms with Gasteiger partial charge in [0.15, 0.2) is 0 Å². The Morgan fingerprint density at radius 1 is 1.00 bits per heavy atom. The van der Waals surface area contributed by atoms with E-state index in [0.717, 1.165) is 0 Å². The Morgan fingerprint density at radius 2 is 1.67 bits per heavy atom. The molecule has 1 aromatic carbocycles. The molecular formula is C14H16N2O2. The number of nitrogens with one attached hydrogen (secondary N) is 1. The summed E-state index contributed by atoms with van der Waals surface area (Å²) in [4.78, 5) is 7.01. The van der Waals surface area contributed by atoms with Crippen molar-refractivity contribution in [3.63, 3.8) is 0 Å². The van der Waals surface area contributed by atoms with Crippen molar-refractivity contribution in [2.75, 3.05) is 0 Å². The van der Waals surface area contributed by atoms with E-state index in [2.05, 4.69) is 9.97 Å². The van der Waals surface area contributed by atoms with Gasteiger partial charge in [0.25, 0.3) is 0 Å². The average Bonchev–Trinajstić information content (AvgIpc) is 2.87. The summed E-state index contributed by atoms with van der Waals surface area (Å²) >= 11 is 0. The second-order valence-electron chi connectivity index (χ2n) is 4.29. The van der Waals surface area contributed by atoms with Gasteiger partial charge in [-0.1, -0.05) is 0 Å². The molecule has 0 radical (unpaired) electrons. The van der Waals surface area contributed by atoms with Crippen LogP contribution >= 0.6 is 0 Å². The van der Waals surface area contributed by atoms with Gasteiger partial charge in [-0.15, -0.1) is 0 Å². The number of hydrogen-bond donors (Lipinski definition) is 3. The van der Waals surface area contributed by atoms with E-state index in [0.29, 0.717) is 28.1 Å². The molecule has 1 aromatic heterocycles. The Bertz CT molecular complexity index is 570. The van der Waals surface area contributed by atoms with Crippen LogP contribution in [0.2, 0.25) is 0 Å². The van der Waals surface area contributed by atoms with Crippen LogP contribution in [-0.2, 0) is 0 Å². The highest BCUT2D eigenvalue weighted by atomic mass is 16.3. The standard InChI is InChI=1S/C14H16N2O2/c1-8-9(2)14(18)11(10(3)13(8)17)4-5-12-15-6-7-16-12/h4-7,17-18H,1-3H3,(H,15,16)/b5-4+. The molecule has 0 aliphatic rings. The molecule has 0 fully saturated rings. The fourth-order valence-electron chi connectivity index (χ4n) is 1.88. The van der Waals surface area contributed by atoms with Crippen LogP contribution < -0.4 is 0 Å². The first-order chi connectivity index (χ1) is 8.52. The number of imidazole rings is 1. The van der Waals surface area contributed by atoms with Crippen molar-refractivity contribution < 1.29 is 10.2 Å². The number of aromatic amines is 1. The molecule has 1 heterocycles. The van der Waals surface area contributed by atoms with Crippen LogP contribution in [0.4, 0.5) is 0 Å². The third-order valence-corrected chi connectivity index (χ3v) is 3.21. The lowest BCUT2D eigenvalue weighted by Crippen LogP contribution is -1.92. The van der Waals surface area contributed by atoms with Crippen molar-refractivity contribution in [3.05, 3.63) is 40.5 Å². The zero-order valence-corrected chi connectivity index (χ0v) is 10.7. The van der Waals surface area contributed by atoms with Gasteiger partial charge < -0.3 is 15.2 Å². The van der Waals surface area contributed by atoms with Gasteiger partial charge in [-0.3, -0.25) is 0 Å². The summed E-state index contributed by atoms with van der Waals surface area (Å²) in [5.74, 6) is 1.13. The Kier molecular flexibility index (Phi) is 3.10. The number of hydrogen-bond acceptors (Lipinski definition) is 3. The number of H-pyrrole nitrogens is 1. The fraction of sp³-hybridized carbons (Fsp3) is 0.214. The molecule has 0 unspecified atom stereocenters. The maximum absolute atomic E-state index is 10.1. The number of phenolic OH excluding ortho intramolecular Hbond substituents is 2. The minimum absolute atomic E-state index is 0.200. The molecule has 2 aromatic rings. The van der Waals surface area contributed by atoms with Crippen LogP contribution in [0.15, 0.2) is 12.4 Å². The van der Waals surface area contributed by atoms with Gasteiger partial charge >= 0.3 is 0 Å². The average molecular weight is 244 g/mol. The topological polar surface area (TPSA) is 69.1 Å².